The molecular formula is C11H18N4. The van der Waals surface area contributed by atoms with Crippen molar-refractivity contribution in [2.75, 3.05) is 6.54 Å². The number of hydrogen-bond acceptors (Lipinski definition) is 2. The lowest BCUT2D eigenvalue weighted by molar-refractivity contribution is 0.680. The van der Waals surface area contributed by atoms with Crippen molar-refractivity contribution in [1.82, 2.24) is 5.43 Å². The molecule has 15 heavy (non-hydrogen) atoms. The Morgan fingerprint density at radius 2 is 1.93 bits per heavy atom. The van der Waals surface area contributed by atoms with Gasteiger partial charge in [-0.3, -0.25) is 0 Å². The van der Waals surface area contributed by atoms with Crippen LogP contribution in [0.5, 0.6) is 0 Å². The first-order chi connectivity index (χ1) is 7.18. The van der Waals surface area contributed by atoms with Crippen LogP contribution in [-0.4, -0.2) is 12.5 Å². The SMILES string of the molecule is Cc1ccc(CCCNN=C(N)N)cc1. The minimum Gasteiger partial charge on any atom is -0.369 e. The Kier molecular flexibility index (Phi) is 4.47. The van der Waals surface area contributed by atoms with Crippen molar-refractivity contribution < 1.29 is 0 Å². The molecule has 4 nitrogen and oxygen atoms in total. The number of guanidine groups is 1. The second kappa shape index (κ2) is 5.90. The molecule has 1 aromatic carbocycles. The van der Waals surface area contributed by atoms with Gasteiger partial charge in [0.05, 0.1) is 0 Å². The minimum atomic E-state index is 0.0744. The van der Waals surface area contributed by atoms with Gasteiger partial charge in [0.25, 0.3) is 0 Å². The Morgan fingerprint density at radius 3 is 2.53 bits per heavy atom. The van der Waals surface area contributed by atoms with Gasteiger partial charge in [0, 0.05) is 6.54 Å². The lowest BCUT2D eigenvalue weighted by atomic mass is 10.1. The minimum absolute atomic E-state index is 0.0744. The third kappa shape index (κ3) is 4.90. The molecule has 0 saturated heterocycles. The van der Waals surface area contributed by atoms with Gasteiger partial charge in [0.15, 0.2) is 0 Å². The summed E-state index contributed by atoms with van der Waals surface area (Å²) in [6.45, 7) is 2.87. The largest absolute Gasteiger partial charge is 0.369 e. The van der Waals surface area contributed by atoms with E-state index in [1.165, 1.54) is 11.1 Å². The van der Waals surface area contributed by atoms with Crippen LogP contribution in [0.15, 0.2) is 29.4 Å². The van der Waals surface area contributed by atoms with E-state index in [2.05, 4.69) is 41.7 Å². The summed E-state index contributed by atoms with van der Waals surface area (Å²) in [4.78, 5) is 0. The third-order valence-electron chi connectivity index (χ3n) is 2.08. The quantitative estimate of drug-likeness (QED) is 0.287. The van der Waals surface area contributed by atoms with Crippen LogP contribution in [-0.2, 0) is 6.42 Å². The zero-order valence-corrected chi connectivity index (χ0v) is 9.03. The highest BCUT2D eigenvalue weighted by Crippen LogP contribution is 2.04. The molecule has 82 valence electrons. The summed E-state index contributed by atoms with van der Waals surface area (Å²) >= 11 is 0. The smallest absolute Gasteiger partial charge is 0.208 e. The van der Waals surface area contributed by atoms with Gasteiger partial charge in [-0.1, -0.05) is 29.8 Å². The van der Waals surface area contributed by atoms with E-state index in [4.69, 9.17) is 11.5 Å². The first kappa shape index (κ1) is 11.4. The standard InChI is InChI=1S/C11H18N4/c1-9-4-6-10(7-5-9)3-2-8-14-15-11(12)13/h4-7,14H,2-3,8H2,1H3,(H4,12,13,15). The molecule has 0 spiro atoms. The Balaban J connectivity index is 2.20. The van der Waals surface area contributed by atoms with Gasteiger partial charge in [-0.15, -0.1) is 5.10 Å². The number of aryl methyl sites for hydroxylation is 2. The summed E-state index contributed by atoms with van der Waals surface area (Å²) in [7, 11) is 0. The number of nitrogens with two attached hydrogens (primary N) is 2. The summed E-state index contributed by atoms with van der Waals surface area (Å²) in [5.74, 6) is 0.0744. The van der Waals surface area contributed by atoms with Crippen LogP contribution in [0.2, 0.25) is 0 Å². The molecule has 0 aliphatic carbocycles. The zero-order chi connectivity index (χ0) is 11.1. The molecule has 0 radical (unpaired) electrons. The molecule has 0 fully saturated rings. The molecule has 1 rings (SSSR count). The van der Waals surface area contributed by atoms with Crippen LogP contribution in [0.3, 0.4) is 0 Å². The summed E-state index contributed by atoms with van der Waals surface area (Å²) in [5, 5.41) is 3.69. The topological polar surface area (TPSA) is 76.4 Å². The second-order valence-electron chi connectivity index (χ2n) is 3.53. The molecule has 1 aromatic rings. The number of nitrogens with one attached hydrogen (secondary N) is 1. The summed E-state index contributed by atoms with van der Waals surface area (Å²) in [6.07, 6.45) is 2.05. The van der Waals surface area contributed by atoms with E-state index >= 15 is 0 Å². The van der Waals surface area contributed by atoms with Crippen molar-refractivity contribution in [1.29, 1.82) is 0 Å². The molecule has 0 unspecified atom stereocenters. The third-order valence-corrected chi connectivity index (χ3v) is 2.08. The highest BCUT2D eigenvalue weighted by Gasteiger charge is 1.92. The average Bonchev–Trinajstić information content (AvgIpc) is 2.20. The summed E-state index contributed by atoms with van der Waals surface area (Å²) < 4.78 is 0. The fourth-order valence-corrected chi connectivity index (χ4v) is 1.27. The van der Waals surface area contributed by atoms with Crippen LogP contribution < -0.4 is 16.9 Å². The predicted molar refractivity (Wildman–Crippen MR) is 63.3 cm³/mol. The van der Waals surface area contributed by atoms with E-state index in [9.17, 15) is 0 Å². The maximum atomic E-state index is 5.17. The van der Waals surface area contributed by atoms with Gasteiger partial charge in [0.1, 0.15) is 0 Å². The van der Waals surface area contributed by atoms with Crippen molar-refractivity contribution in [2.45, 2.75) is 19.8 Å². The number of benzene rings is 1. The van der Waals surface area contributed by atoms with E-state index in [-0.39, 0.29) is 5.96 Å². The van der Waals surface area contributed by atoms with Gasteiger partial charge in [0.2, 0.25) is 5.96 Å². The molecule has 5 N–H and O–H groups in total. The van der Waals surface area contributed by atoms with Gasteiger partial charge < -0.3 is 16.9 Å². The van der Waals surface area contributed by atoms with Crippen LogP contribution in [0.25, 0.3) is 0 Å². The molecule has 0 bridgehead atoms. The van der Waals surface area contributed by atoms with Crippen molar-refractivity contribution in [3.8, 4) is 0 Å². The highest BCUT2D eigenvalue weighted by molar-refractivity contribution is 5.75. The normalized spacial score (nSPS) is 9.67. The number of rotatable bonds is 5. The Morgan fingerprint density at radius 1 is 1.27 bits per heavy atom. The first-order valence-corrected chi connectivity index (χ1v) is 5.05. The van der Waals surface area contributed by atoms with Crippen LogP contribution in [0.1, 0.15) is 17.5 Å². The lowest BCUT2D eigenvalue weighted by Gasteiger charge is -2.02. The Bertz CT molecular complexity index is 312. The second-order valence-corrected chi connectivity index (χ2v) is 3.53. The maximum Gasteiger partial charge on any atom is 0.208 e. The molecule has 0 atom stereocenters. The van der Waals surface area contributed by atoms with Crippen molar-refractivity contribution in [3.63, 3.8) is 0 Å². The Hall–Kier alpha value is -1.71. The summed E-state index contributed by atoms with van der Waals surface area (Å²) in [5.41, 5.74) is 15.8. The monoisotopic (exact) mass is 206 g/mol. The fraction of sp³-hybridized carbons (Fsp3) is 0.364. The predicted octanol–water partition coefficient (Wildman–Crippen LogP) is 0.706. The van der Waals surface area contributed by atoms with Crippen LogP contribution in [0, 0.1) is 6.92 Å². The highest BCUT2D eigenvalue weighted by atomic mass is 15.3. The molecule has 0 saturated carbocycles. The van der Waals surface area contributed by atoms with E-state index < -0.39 is 0 Å². The van der Waals surface area contributed by atoms with Crippen molar-refractivity contribution in [3.05, 3.63) is 35.4 Å². The summed E-state index contributed by atoms with van der Waals surface area (Å²) in [6, 6.07) is 8.54. The molecule has 4 heteroatoms. The zero-order valence-electron chi connectivity index (χ0n) is 9.03. The number of nitrogens with zero attached hydrogens (tertiary/aromatic N) is 1. The maximum absolute atomic E-state index is 5.17. The van der Waals surface area contributed by atoms with E-state index in [0.29, 0.717) is 0 Å². The first-order valence-electron chi connectivity index (χ1n) is 5.05. The van der Waals surface area contributed by atoms with E-state index in [1.54, 1.807) is 0 Å². The van der Waals surface area contributed by atoms with Gasteiger partial charge >= 0.3 is 0 Å². The van der Waals surface area contributed by atoms with E-state index in [0.717, 1.165) is 19.4 Å². The van der Waals surface area contributed by atoms with E-state index in [1.807, 2.05) is 0 Å². The van der Waals surface area contributed by atoms with Crippen molar-refractivity contribution >= 4 is 5.96 Å². The molecule has 0 heterocycles. The van der Waals surface area contributed by atoms with Crippen LogP contribution in [0.4, 0.5) is 0 Å². The number of hydrogen-bond donors (Lipinski definition) is 3. The van der Waals surface area contributed by atoms with Gasteiger partial charge in [-0.05, 0) is 25.3 Å². The lowest BCUT2D eigenvalue weighted by Crippen LogP contribution is -2.26. The molecule has 0 aliphatic rings. The average molecular weight is 206 g/mol. The van der Waals surface area contributed by atoms with Crippen molar-refractivity contribution in [2.24, 2.45) is 16.6 Å². The molecule has 0 aliphatic heterocycles. The van der Waals surface area contributed by atoms with Gasteiger partial charge in [-0.2, -0.15) is 0 Å². The molecular weight excluding hydrogens is 188 g/mol. The van der Waals surface area contributed by atoms with Crippen LogP contribution >= 0.6 is 0 Å². The number of hydrazone groups is 1. The fourth-order valence-electron chi connectivity index (χ4n) is 1.27. The molecule has 0 amide bonds. The Labute approximate surface area is 90.4 Å². The van der Waals surface area contributed by atoms with Gasteiger partial charge in [-0.25, -0.2) is 0 Å². The molecule has 0 aromatic heterocycles.